The molecule has 1 aliphatic heterocycles. The van der Waals surface area contributed by atoms with E-state index in [0.29, 0.717) is 34.6 Å². The predicted molar refractivity (Wildman–Crippen MR) is 132 cm³/mol. The van der Waals surface area contributed by atoms with Crippen LogP contribution in [0.25, 0.3) is 0 Å². The average Bonchev–Trinajstić information content (AvgIpc) is 3.05. The van der Waals surface area contributed by atoms with Crippen LogP contribution >= 0.6 is 23.2 Å². The molecule has 1 unspecified atom stereocenters. The Morgan fingerprint density at radius 2 is 1.82 bits per heavy atom. The molecule has 0 radical (unpaired) electrons. The van der Waals surface area contributed by atoms with E-state index in [4.69, 9.17) is 23.2 Å². The van der Waals surface area contributed by atoms with Gasteiger partial charge in [-0.1, -0.05) is 23.2 Å². The van der Waals surface area contributed by atoms with Crippen LogP contribution in [-0.2, 0) is 14.6 Å². The lowest BCUT2D eigenvalue weighted by Crippen LogP contribution is -2.53. The van der Waals surface area contributed by atoms with Crippen molar-refractivity contribution in [1.29, 1.82) is 0 Å². The third kappa shape index (κ3) is 6.62. The summed E-state index contributed by atoms with van der Waals surface area (Å²) in [6.45, 7) is 4.75. The van der Waals surface area contributed by atoms with Crippen LogP contribution in [0.15, 0.2) is 18.2 Å². The highest BCUT2D eigenvalue weighted by Gasteiger charge is 2.43. The smallest absolute Gasteiger partial charge is 0.252 e. The summed E-state index contributed by atoms with van der Waals surface area (Å²) in [6.07, 6.45) is 4.12. The van der Waals surface area contributed by atoms with Crippen molar-refractivity contribution in [3.05, 3.63) is 33.8 Å². The summed E-state index contributed by atoms with van der Waals surface area (Å²) in [5.41, 5.74) is 0.297. The van der Waals surface area contributed by atoms with Crippen LogP contribution in [0.2, 0.25) is 10.0 Å². The number of nitrogens with one attached hydrogen (secondary N) is 1. The summed E-state index contributed by atoms with van der Waals surface area (Å²) < 4.78 is 24.4. The standard InChI is InChI=1S/C23H33Cl2N3O4S/c1-14(2)27(3)19-5-6-21(16(11-19)13-33(4,31)32)28-8-7-20(23(28)30)26-22(29)15-9-17(24)12-18(25)10-15/h9-10,12,14,16,19-21H,5-8,11,13H2,1-4H3,(H,26,29)/t16-,19+,20?,21-/m0/s1. The number of hydrogen-bond acceptors (Lipinski definition) is 5. The first kappa shape index (κ1) is 26.3. The van der Waals surface area contributed by atoms with E-state index in [0.717, 1.165) is 19.3 Å². The minimum absolute atomic E-state index is 0.0575. The van der Waals surface area contributed by atoms with Crippen LogP contribution in [0.3, 0.4) is 0 Å². The van der Waals surface area contributed by atoms with E-state index in [1.165, 1.54) is 24.5 Å². The van der Waals surface area contributed by atoms with Gasteiger partial charge in [-0.2, -0.15) is 0 Å². The number of hydrogen-bond donors (Lipinski definition) is 1. The molecular formula is C23H33Cl2N3O4S. The molecule has 7 nitrogen and oxygen atoms in total. The Morgan fingerprint density at radius 3 is 2.39 bits per heavy atom. The van der Waals surface area contributed by atoms with Gasteiger partial charge in [0.25, 0.3) is 5.91 Å². The number of nitrogens with zero attached hydrogens (tertiary/aromatic N) is 2. The molecule has 0 aromatic heterocycles. The molecule has 1 aromatic rings. The molecule has 3 rings (SSSR count). The van der Waals surface area contributed by atoms with Crippen molar-refractivity contribution in [1.82, 2.24) is 15.1 Å². The van der Waals surface area contributed by atoms with Gasteiger partial charge < -0.3 is 15.1 Å². The Kier molecular flexibility index (Phi) is 8.36. The van der Waals surface area contributed by atoms with Crippen LogP contribution in [0.5, 0.6) is 0 Å². The Morgan fingerprint density at radius 1 is 1.18 bits per heavy atom. The quantitative estimate of drug-likeness (QED) is 0.599. The SMILES string of the molecule is CC(C)N(C)[C@@H]1CC[C@H](N2CCC(NC(=O)c3cc(Cl)cc(Cl)c3)C2=O)[C@H](CS(C)(=O)=O)C1. The van der Waals surface area contributed by atoms with E-state index in [1.807, 2.05) is 0 Å². The maximum Gasteiger partial charge on any atom is 0.252 e. The number of carbonyl (C=O) groups excluding carboxylic acids is 2. The molecule has 0 spiro atoms. The first-order valence-electron chi connectivity index (χ1n) is 11.3. The summed E-state index contributed by atoms with van der Waals surface area (Å²) in [5.74, 6) is -0.641. The van der Waals surface area contributed by atoms with Crippen LogP contribution in [-0.4, -0.2) is 79.8 Å². The van der Waals surface area contributed by atoms with Crippen LogP contribution < -0.4 is 5.32 Å². The van der Waals surface area contributed by atoms with Gasteiger partial charge in [0, 0.05) is 46.5 Å². The summed E-state index contributed by atoms with van der Waals surface area (Å²) in [6, 6.07) is 4.41. The fourth-order valence-corrected chi connectivity index (χ4v) is 6.75. The molecule has 33 heavy (non-hydrogen) atoms. The van der Waals surface area contributed by atoms with Crippen molar-refractivity contribution in [3.8, 4) is 0 Å². The summed E-state index contributed by atoms with van der Waals surface area (Å²) >= 11 is 12.0. The van der Waals surface area contributed by atoms with E-state index in [2.05, 4.69) is 31.1 Å². The van der Waals surface area contributed by atoms with E-state index in [1.54, 1.807) is 4.90 Å². The Labute approximate surface area is 206 Å². The molecule has 1 saturated carbocycles. The number of benzene rings is 1. The highest BCUT2D eigenvalue weighted by Crippen LogP contribution is 2.35. The van der Waals surface area contributed by atoms with Crippen molar-refractivity contribution in [2.24, 2.45) is 5.92 Å². The summed E-state index contributed by atoms with van der Waals surface area (Å²) in [4.78, 5) is 30.0. The molecule has 1 aromatic carbocycles. The van der Waals surface area contributed by atoms with Gasteiger partial charge in [0.1, 0.15) is 15.9 Å². The van der Waals surface area contributed by atoms with Crippen LogP contribution in [0, 0.1) is 5.92 Å². The maximum atomic E-state index is 13.2. The van der Waals surface area contributed by atoms with Gasteiger partial charge in [-0.05, 0) is 70.7 Å². The molecule has 4 atom stereocenters. The second-order valence-corrected chi connectivity index (χ2v) is 12.7. The van der Waals surface area contributed by atoms with Gasteiger partial charge in [0.05, 0.1) is 5.75 Å². The van der Waals surface area contributed by atoms with Gasteiger partial charge in [0.2, 0.25) is 5.91 Å². The number of likely N-dealkylation sites (tertiary alicyclic amines) is 1. The third-order valence-electron chi connectivity index (χ3n) is 6.89. The van der Waals surface area contributed by atoms with Gasteiger partial charge in [-0.3, -0.25) is 9.59 Å². The third-order valence-corrected chi connectivity index (χ3v) is 8.36. The lowest BCUT2D eigenvalue weighted by Gasteiger charge is -2.44. The molecule has 184 valence electrons. The monoisotopic (exact) mass is 517 g/mol. The minimum Gasteiger partial charge on any atom is -0.340 e. The fourth-order valence-electron chi connectivity index (χ4n) is 5.08. The van der Waals surface area contributed by atoms with E-state index >= 15 is 0 Å². The zero-order valence-electron chi connectivity index (χ0n) is 19.6. The van der Waals surface area contributed by atoms with Gasteiger partial charge >= 0.3 is 0 Å². The van der Waals surface area contributed by atoms with E-state index < -0.39 is 21.8 Å². The average molecular weight is 519 g/mol. The molecule has 1 N–H and O–H groups in total. The van der Waals surface area contributed by atoms with E-state index in [-0.39, 0.29) is 29.7 Å². The topological polar surface area (TPSA) is 86.8 Å². The lowest BCUT2D eigenvalue weighted by molar-refractivity contribution is -0.133. The highest BCUT2D eigenvalue weighted by molar-refractivity contribution is 7.90. The number of rotatable bonds is 7. The van der Waals surface area contributed by atoms with Gasteiger partial charge in [-0.25, -0.2) is 8.42 Å². The van der Waals surface area contributed by atoms with E-state index in [9.17, 15) is 18.0 Å². The number of halogens is 2. The Hall–Kier alpha value is -1.35. The summed E-state index contributed by atoms with van der Waals surface area (Å²) in [7, 11) is -1.13. The normalized spacial score (nSPS) is 26.3. The molecular weight excluding hydrogens is 485 g/mol. The van der Waals surface area contributed by atoms with Gasteiger partial charge in [-0.15, -0.1) is 0 Å². The second kappa shape index (κ2) is 10.5. The Bertz CT molecular complexity index is 981. The molecule has 2 amide bonds. The fraction of sp³-hybridized carbons (Fsp3) is 0.652. The summed E-state index contributed by atoms with van der Waals surface area (Å²) in [5, 5.41) is 3.49. The lowest BCUT2D eigenvalue weighted by atomic mass is 9.81. The first-order chi connectivity index (χ1) is 15.4. The van der Waals surface area contributed by atoms with Crippen molar-refractivity contribution in [2.45, 2.75) is 63.7 Å². The minimum atomic E-state index is -3.20. The maximum absolute atomic E-state index is 13.2. The zero-order chi connectivity index (χ0) is 24.5. The molecule has 2 fully saturated rings. The largest absolute Gasteiger partial charge is 0.340 e. The molecule has 1 saturated heterocycles. The van der Waals surface area contributed by atoms with Crippen molar-refractivity contribution >= 4 is 44.9 Å². The van der Waals surface area contributed by atoms with Crippen molar-refractivity contribution in [3.63, 3.8) is 0 Å². The number of amides is 2. The second-order valence-electron chi connectivity index (χ2n) is 9.65. The molecule has 2 aliphatic rings. The molecule has 1 heterocycles. The van der Waals surface area contributed by atoms with Crippen molar-refractivity contribution < 1.29 is 18.0 Å². The predicted octanol–water partition coefficient (Wildman–Crippen LogP) is 3.25. The molecule has 0 bridgehead atoms. The van der Waals surface area contributed by atoms with Crippen molar-refractivity contribution in [2.75, 3.05) is 25.6 Å². The molecule has 1 aliphatic carbocycles. The van der Waals surface area contributed by atoms with Crippen LogP contribution in [0.1, 0.15) is 49.9 Å². The van der Waals surface area contributed by atoms with Gasteiger partial charge in [0.15, 0.2) is 0 Å². The highest BCUT2D eigenvalue weighted by atomic mass is 35.5. The molecule has 10 heteroatoms. The zero-order valence-corrected chi connectivity index (χ0v) is 21.9. The van der Waals surface area contributed by atoms with Crippen LogP contribution in [0.4, 0.5) is 0 Å². The Balaban J connectivity index is 1.72. The number of carbonyl (C=O) groups is 2. The number of sulfone groups is 1. The first-order valence-corrected chi connectivity index (χ1v) is 14.1.